The van der Waals surface area contributed by atoms with Gasteiger partial charge in [0.1, 0.15) is 0 Å². The maximum atomic E-state index is 12.9. The predicted octanol–water partition coefficient (Wildman–Crippen LogP) is 3.97. The van der Waals surface area contributed by atoms with Crippen molar-refractivity contribution >= 4 is 33.6 Å². The van der Waals surface area contributed by atoms with Crippen LogP contribution in [0.3, 0.4) is 0 Å². The minimum atomic E-state index is -4.49. The number of nitrogens with zero attached hydrogens (tertiary/aromatic N) is 4. The standard InChI is InChI=1S/C22H22F3N5O4S2/c1-21(2,17-11-35-20(28-17)30(36(32)33)15-7-8-15)29-19(31)14-5-3-13(4-6-14)16-9-26-10-18(27-16)34-12-22(23,24)25/h3-6,9-11,15H,7-8,12H2,1-2H3,(H,29,31)(H,32,33)/p-1. The Morgan fingerprint density at radius 2 is 1.92 bits per heavy atom. The fourth-order valence-electron chi connectivity index (χ4n) is 3.23. The van der Waals surface area contributed by atoms with E-state index in [2.05, 4.69) is 25.0 Å². The molecule has 1 amide bonds. The predicted molar refractivity (Wildman–Crippen MR) is 126 cm³/mol. The number of thiazole rings is 1. The molecule has 1 fully saturated rings. The van der Waals surface area contributed by atoms with Crippen molar-refractivity contribution in [3.63, 3.8) is 0 Å². The van der Waals surface area contributed by atoms with Crippen molar-refractivity contribution < 1.29 is 31.5 Å². The second-order valence-corrected chi connectivity index (χ2v) is 10.3. The molecule has 0 bridgehead atoms. The van der Waals surface area contributed by atoms with Crippen LogP contribution < -0.4 is 14.4 Å². The molecule has 36 heavy (non-hydrogen) atoms. The Morgan fingerprint density at radius 1 is 1.22 bits per heavy atom. The second kappa shape index (κ2) is 10.1. The molecule has 1 atom stereocenters. The number of amides is 1. The number of benzene rings is 1. The zero-order valence-electron chi connectivity index (χ0n) is 19.1. The van der Waals surface area contributed by atoms with Gasteiger partial charge in [-0.15, -0.1) is 11.3 Å². The van der Waals surface area contributed by atoms with E-state index >= 15 is 0 Å². The molecular weight excluding hydrogens is 519 g/mol. The summed E-state index contributed by atoms with van der Waals surface area (Å²) in [5.41, 5.74) is 0.785. The first-order valence-electron chi connectivity index (χ1n) is 10.7. The lowest BCUT2D eigenvalue weighted by Gasteiger charge is -2.26. The number of nitrogens with one attached hydrogen (secondary N) is 1. The maximum absolute atomic E-state index is 12.9. The van der Waals surface area contributed by atoms with E-state index in [9.17, 15) is 26.7 Å². The Hall–Kier alpha value is -3.10. The molecule has 1 aliphatic carbocycles. The topological polar surface area (TPSA) is 120 Å². The number of carbonyl (C=O) groups excluding carboxylic acids is 1. The van der Waals surface area contributed by atoms with E-state index in [1.165, 1.54) is 21.8 Å². The molecule has 1 saturated carbocycles. The first-order valence-corrected chi connectivity index (χ1v) is 12.6. The lowest BCUT2D eigenvalue weighted by atomic mass is 10.0. The largest absolute Gasteiger partial charge is 0.755 e. The summed E-state index contributed by atoms with van der Waals surface area (Å²) in [5.74, 6) is -0.655. The van der Waals surface area contributed by atoms with Gasteiger partial charge in [-0.1, -0.05) is 12.1 Å². The Balaban J connectivity index is 1.43. The van der Waals surface area contributed by atoms with Crippen LogP contribution in [0.25, 0.3) is 11.3 Å². The first kappa shape index (κ1) is 26.0. The van der Waals surface area contributed by atoms with Crippen LogP contribution in [0.2, 0.25) is 0 Å². The molecule has 1 unspecified atom stereocenters. The van der Waals surface area contributed by atoms with Crippen molar-refractivity contribution in [2.75, 3.05) is 10.9 Å². The van der Waals surface area contributed by atoms with Crippen LogP contribution in [0.5, 0.6) is 5.88 Å². The molecule has 1 N–H and O–H groups in total. The number of ether oxygens (including phenoxy) is 1. The highest BCUT2D eigenvalue weighted by atomic mass is 32.2. The number of alkyl halides is 3. The Kier molecular flexibility index (Phi) is 7.29. The number of anilines is 1. The summed E-state index contributed by atoms with van der Waals surface area (Å²) in [7, 11) is 0. The van der Waals surface area contributed by atoms with Crippen LogP contribution in [0.4, 0.5) is 18.3 Å². The van der Waals surface area contributed by atoms with Gasteiger partial charge in [0.25, 0.3) is 5.91 Å². The molecule has 0 spiro atoms. The minimum absolute atomic E-state index is 0.0693. The van der Waals surface area contributed by atoms with Crippen molar-refractivity contribution in [3.8, 4) is 17.1 Å². The third kappa shape index (κ3) is 6.36. The normalized spacial score (nSPS) is 14.8. The van der Waals surface area contributed by atoms with E-state index in [1.807, 2.05) is 0 Å². The second-order valence-electron chi connectivity index (χ2n) is 8.59. The molecule has 0 aliphatic heterocycles. The average molecular weight is 541 g/mol. The minimum Gasteiger partial charge on any atom is -0.755 e. The van der Waals surface area contributed by atoms with Crippen molar-refractivity contribution in [3.05, 3.63) is 53.3 Å². The first-order chi connectivity index (χ1) is 16.9. The number of carbonyl (C=O) groups is 1. The van der Waals surface area contributed by atoms with Gasteiger partial charge in [-0.2, -0.15) is 13.2 Å². The maximum Gasteiger partial charge on any atom is 0.422 e. The summed E-state index contributed by atoms with van der Waals surface area (Å²) in [6.45, 7) is 2.04. The summed E-state index contributed by atoms with van der Waals surface area (Å²) in [4.78, 5) is 25.2. The van der Waals surface area contributed by atoms with Crippen LogP contribution in [0.15, 0.2) is 42.0 Å². The summed E-state index contributed by atoms with van der Waals surface area (Å²) >= 11 is -1.23. The van der Waals surface area contributed by atoms with Gasteiger partial charge in [0.15, 0.2) is 11.7 Å². The van der Waals surface area contributed by atoms with Gasteiger partial charge in [-0.3, -0.25) is 18.3 Å². The Morgan fingerprint density at radius 3 is 2.53 bits per heavy atom. The SMILES string of the molecule is CC(C)(NC(=O)c1ccc(-c2cncc(OCC(F)(F)F)n2)cc1)c1csc(N(C2CC2)S(=O)[O-])n1. The number of hydrogen-bond acceptors (Lipinski definition) is 8. The lowest BCUT2D eigenvalue weighted by molar-refractivity contribution is -0.154. The third-order valence-corrected chi connectivity index (χ3v) is 6.97. The molecular formula is C22H21F3N5O4S2-. The van der Waals surface area contributed by atoms with Gasteiger partial charge in [0.2, 0.25) is 5.88 Å². The highest BCUT2D eigenvalue weighted by Crippen LogP contribution is 2.36. The number of aromatic nitrogens is 3. The van der Waals surface area contributed by atoms with Gasteiger partial charge < -0.3 is 14.6 Å². The van der Waals surface area contributed by atoms with Crippen molar-refractivity contribution in [1.82, 2.24) is 20.3 Å². The van der Waals surface area contributed by atoms with Gasteiger partial charge in [0.05, 0.1) is 29.3 Å². The lowest BCUT2D eigenvalue weighted by Crippen LogP contribution is -2.41. The average Bonchev–Trinajstić information content (AvgIpc) is 3.51. The summed E-state index contributed by atoms with van der Waals surface area (Å²) in [6.07, 6.45) is -0.461. The van der Waals surface area contributed by atoms with Crippen LogP contribution in [-0.4, -0.2) is 48.4 Å². The van der Waals surface area contributed by atoms with Crippen LogP contribution in [0, 0.1) is 0 Å². The Bertz CT molecular complexity index is 1260. The van der Waals surface area contributed by atoms with E-state index in [1.54, 1.807) is 43.5 Å². The highest BCUT2D eigenvalue weighted by Gasteiger charge is 2.34. The molecule has 0 radical (unpaired) electrons. The van der Waals surface area contributed by atoms with Gasteiger partial charge in [-0.05, 0) is 38.8 Å². The molecule has 3 aromatic rings. The van der Waals surface area contributed by atoms with E-state index < -0.39 is 29.6 Å². The quantitative estimate of drug-likeness (QED) is 0.408. The van der Waals surface area contributed by atoms with E-state index in [0.717, 1.165) is 19.0 Å². The highest BCUT2D eigenvalue weighted by molar-refractivity contribution is 7.81. The molecule has 14 heteroatoms. The molecule has 192 valence electrons. The van der Waals surface area contributed by atoms with Crippen molar-refractivity contribution in [2.24, 2.45) is 0 Å². The van der Waals surface area contributed by atoms with E-state index in [-0.39, 0.29) is 23.5 Å². The van der Waals surface area contributed by atoms with E-state index in [4.69, 9.17) is 0 Å². The number of hydrogen-bond donors (Lipinski definition) is 1. The number of rotatable bonds is 9. The zero-order chi connectivity index (χ0) is 26.1. The molecule has 2 aromatic heterocycles. The molecule has 2 heterocycles. The summed E-state index contributed by atoms with van der Waals surface area (Å²) in [5, 5.41) is 4.96. The summed E-state index contributed by atoms with van der Waals surface area (Å²) < 4.78 is 66.2. The van der Waals surface area contributed by atoms with Crippen molar-refractivity contribution in [2.45, 2.75) is 44.4 Å². The molecule has 1 aromatic carbocycles. The molecule has 9 nitrogen and oxygen atoms in total. The molecule has 1 aliphatic rings. The zero-order valence-corrected chi connectivity index (χ0v) is 20.7. The summed E-state index contributed by atoms with van der Waals surface area (Å²) in [6, 6.07) is 6.22. The monoisotopic (exact) mass is 540 g/mol. The Labute approximate surface area is 211 Å². The van der Waals surface area contributed by atoms with Gasteiger partial charge in [0, 0.05) is 33.8 Å². The van der Waals surface area contributed by atoms with Crippen LogP contribution in [0.1, 0.15) is 42.7 Å². The van der Waals surface area contributed by atoms with Crippen LogP contribution in [-0.2, 0) is 16.8 Å². The number of halogens is 3. The smallest absolute Gasteiger partial charge is 0.422 e. The van der Waals surface area contributed by atoms with Crippen molar-refractivity contribution in [1.29, 1.82) is 0 Å². The van der Waals surface area contributed by atoms with Gasteiger partial charge in [-0.25, -0.2) is 9.97 Å². The fourth-order valence-corrected chi connectivity index (χ4v) is 5.13. The van der Waals surface area contributed by atoms with Crippen LogP contribution >= 0.6 is 11.3 Å². The molecule has 0 saturated heterocycles. The molecule has 4 rings (SSSR count). The third-order valence-electron chi connectivity index (χ3n) is 5.23. The van der Waals surface area contributed by atoms with E-state index in [0.29, 0.717) is 22.0 Å². The fraction of sp³-hybridized carbons (Fsp3) is 0.364. The van der Waals surface area contributed by atoms with Gasteiger partial charge >= 0.3 is 6.18 Å².